The number of carbonyl (C=O) groups excluding carboxylic acids is 2. The van der Waals surface area contributed by atoms with Gasteiger partial charge in [-0.25, -0.2) is 4.98 Å². The number of fused-ring (bicyclic) bond motifs is 1. The number of hydrogen-bond donors (Lipinski definition) is 0. The van der Waals surface area contributed by atoms with Crippen molar-refractivity contribution in [2.75, 3.05) is 26.3 Å². The molecular formula is C25H26N2O5. The van der Waals surface area contributed by atoms with E-state index < -0.39 is 11.8 Å². The Bertz CT molecular complexity index is 1120. The van der Waals surface area contributed by atoms with Crippen molar-refractivity contribution in [1.29, 1.82) is 0 Å². The lowest BCUT2D eigenvalue weighted by Gasteiger charge is -2.41. The molecule has 1 fully saturated rings. The molecule has 7 nitrogen and oxygen atoms in total. The summed E-state index contributed by atoms with van der Waals surface area (Å²) in [5.74, 6) is -1.14. The first-order valence-corrected chi connectivity index (χ1v) is 10.7. The molecule has 0 bridgehead atoms. The first-order valence-electron chi connectivity index (χ1n) is 10.7. The fraction of sp³-hybridized carbons (Fsp3) is 0.320. The number of pyridine rings is 1. The molecule has 0 spiro atoms. The average Bonchev–Trinajstić information content (AvgIpc) is 2.82. The lowest BCUT2D eigenvalue weighted by molar-refractivity contribution is -0.255. The third kappa shape index (κ3) is 4.73. The summed E-state index contributed by atoms with van der Waals surface area (Å²) in [4.78, 5) is 30.8. The number of amides is 1. The van der Waals surface area contributed by atoms with E-state index in [1.165, 1.54) is 6.92 Å². The molecule has 1 aliphatic rings. The highest BCUT2D eigenvalue weighted by Crippen LogP contribution is 2.30. The lowest BCUT2D eigenvalue weighted by Crippen LogP contribution is -2.56. The van der Waals surface area contributed by atoms with E-state index in [1.807, 2.05) is 67.6 Å². The van der Waals surface area contributed by atoms with Crippen LogP contribution in [-0.4, -0.2) is 53.9 Å². The number of aromatic nitrogens is 1. The van der Waals surface area contributed by atoms with Gasteiger partial charge in [-0.05, 0) is 12.1 Å². The van der Waals surface area contributed by atoms with Crippen molar-refractivity contribution in [1.82, 2.24) is 9.88 Å². The summed E-state index contributed by atoms with van der Waals surface area (Å²) in [6.07, 6.45) is 0.451. The highest BCUT2D eigenvalue weighted by atomic mass is 16.7. The maximum atomic E-state index is 12.9. The van der Waals surface area contributed by atoms with Gasteiger partial charge >= 0.3 is 5.97 Å². The second-order valence-electron chi connectivity index (χ2n) is 7.70. The lowest BCUT2D eigenvalue weighted by atomic mass is 10.1. The predicted molar refractivity (Wildman–Crippen MR) is 120 cm³/mol. The smallest absolute Gasteiger partial charge is 0.305 e. The van der Waals surface area contributed by atoms with Crippen molar-refractivity contribution < 1.29 is 23.8 Å². The zero-order valence-corrected chi connectivity index (χ0v) is 18.2. The molecule has 1 atom stereocenters. The number of benzene rings is 2. The maximum Gasteiger partial charge on any atom is 0.305 e. The van der Waals surface area contributed by atoms with Gasteiger partial charge < -0.3 is 19.1 Å². The zero-order valence-electron chi connectivity index (χ0n) is 18.2. The molecule has 1 aliphatic heterocycles. The number of esters is 1. The third-order valence-electron chi connectivity index (χ3n) is 5.48. The first kappa shape index (κ1) is 21.8. The summed E-state index contributed by atoms with van der Waals surface area (Å²) in [7, 11) is 0. The van der Waals surface area contributed by atoms with Crippen molar-refractivity contribution >= 4 is 22.8 Å². The molecule has 1 saturated heterocycles. The van der Waals surface area contributed by atoms with E-state index in [4.69, 9.17) is 19.2 Å². The van der Waals surface area contributed by atoms with Crippen molar-refractivity contribution in [3.63, 3.8) is 0 Å². The molecule has 7 heteroatoms. The molecule has 3 aromatic rings. The molecule has 2 aromatic carbocycles. The minimum atomic E-state index is -1.11. The number of carbonyl (C=O) groups is 2. The standard InChI is InChI=1S/C25H26N2O5/c1-3-25(32-18(2)28)17-27(13-14-31-25)24(29)16-30-23-15-22(19-9-5-4-6-10-19)26-21-12-8-7-11-20(21)23/h4-12,15H,3,13-14,16-17H2,1-2H3. The largest absolute Gasteiger partial charge is 0.483 e. The maximum absolute atomic E-state index is 12.9. The molecule has 1 amide bonds. The van der Waals surface area contributed by atoms with Gasteiger partial charge in [0.1, 0.15) is 5.75 Å². The van der Waals surface area contributed by atoms with Crippen LogP contribution < -0.4 is 4.74 Å². The predicted octanol–water partition coefficient (Wildman–Crippen LogP) is 3.81. The van der Waals surface area contributed by atoms with Gasteiger partial charge in [-0.2, -0.15) is 0 Å². The summed E-state index contributed by atoms with van der Waals surface area (Å²) < 4.78 is 17.1. The van der Waals surface area contributed by atoms with E-state index in [0.29, 0.717) is 25.3 Å². The Morgan fingerprint density at radius 2 is 1.88 bits per heavy atom. The van der Waals surface area contributed by atoms with Crippen molar-refractivity contribution in [3.8, 4) is 17.0 Å². The van der Waals surface area contributed by atoms with Gasteiger partial charge in [-0.15, -0.1) is 0 Å². The van der Waals surface area contributed by atoms with Gasteiger partial charge in [0, 0.05) is 36.9 Å². The summed E-state index contributed by atoms with van der Waals surface area (Å²) >= 11 is 0. The quantitative estimate of drug-likeness (QED) is 0.549. The SMILES string of the molecule is CCC1(OC(C)=O)CN(C(=O)COc2cc(-c3ccccc3)nc3ccccc23)CCO1. The van der Waals surface area contributed by atoms with Crippen LogP contribution in [0.5, 0.6) is 5.75 Å². The Labute approximate surface area is 186 Å². The van der Waals surface area contributed by atoms with Crippen LogP contribution in [-0.2, 0) is 19.1 Å². The first-order chi connectivity index (χ1) is 15.5. The molecule has 1 aromatic heterocycles. The van der Waals surface area contributed by atoms with Gasteiger partial charge in [-0.1, -0.05) is 49.4 Å². The van der Waals surface area contributed by atoms with E-state index in [-0.39, 0.29) is 19.1 Å². The summed E-state index contributed by atoms with van der Waals surface area (Å²) in [5.41, 5.74) is 2.54. The molecule has 0 aliphatic carbocycles. The van der Waals surface area contributed by atoms with Crippen LogP contribution >= 0.6 is 0 Å². The second-order valence-corrected chi connectivity index (χ2v) is 7.70. The molecule has 4 rings (SSSR count). The summed E-state index contributed by atoms with van der Waals surface area (Å²) in [5, 5.41) is 0.838. The minimum absolute atomic E-state index is 0.137. The number of rotatable bonds is 6. The molecule has 0 N–H and O–H groups in total. The Hall–Kier alpha value is -3.45. The van der Waals surface area contributed by atoms with Gasteiger partial charge in [0.25, 0.3) is 5.91 Å². The number of nitrogens with zero attached hydrogens (tertiary/aromatic N) is 2. The molecular weight excluding hydrogens is 408 g/mol. The Morgan fingerprint density at radius 1 is 1.12 bits per heavy atom. The van der Waals surface area contributed by atoms with Crippen LogP contribution in [0.1, 0.15) is 20.3 Å². The summed E-state index contributed by atoms with van der Waals surface area (Å²) in [6, 6.07) is 19.4. The second kappa shape index (κ2) is 9.36. The Balaban J connectivity index is 1.54. The van der Waals surface area contributed by atoms with Crippen LogP contribution in [0.15, 0.2) is 60.7 Å². The van der Waals surface area contributed by atoms with Crippen LogP contribution in [0.3, 0.4) is 0 Å². The van der Waals surface area contributed by atoms with Crippen LogP contribution in [0.4, 0.5) is 0 Å². The van der Waals surface area contributed by atoms with Gasteiger partial charge in [0.2, 0.25) is 5.79 Å². The number of para-hydroxylation sites is 1. The highest BCUT2D eigenvalue weighted by molar-refractivity contribution is 5.88. The zero-order chi connectivity index (χ0) is 22.6. The number of ether oxygens (including phenoxy) is 3. The molecule has 0 radical (unpaired) electrons. The van der Waals surface area contributed by atoms with E-state index in [1.54, 1.807) is 4.90 Å². The monoisotopic (exact) mass is 434 g/mol. The number of hydrogen-bond acceptors (Lipinski definition) is 6. The van der Waals surface area contributed by atoms with Crippen molar-refractivity contribution in [3.05, 3.63) is 60.7 Å². The fourth-order valence-electron chi connectivity index (χ4n) is 3.83. The Kier molecular flexibility index (Phi) is 6.37. The highest BCUT2D eigenvalue weighted by Gasteiger charge is 2.40. The topological polar surface area (TPSA) is 78.0 Å². The van der Waals surface area contributed by atoms with Crippen LogP contribution in [0.25, 0.3) is 22.2 Å². The van der Waals surface area contributed by atoms with Gasteiger partial charge in [-0.3, -0.25) is 9.59 Å². The van der Waals surface area contributed by atoms with Gasteiger partial charge in [0.15, 0.2) is 6.61 Å². The van der Waals surface area contributed by atoms with Gasteiger partial charge in [0.05, 0.1) is 24.4 Å². The van der Waals surface area contributed by atoms with E-state index >= 15 is 0 Å². The molecule has 32 heavy (non-hydrogen) atoms. The minimum Gasteiger partial charge on any atom is -0.483 e. The fourth-order valence-corrected chi connectivity index (χ4v) is 3.83. The normalized spacial score (nSPS) is 18.4. The molecule has 2 heterocycles. The molecule has 1 unspecified atom stereocenters. The summed E-state index contributed by atoms with van der Waals surface area (Å²) in [6.45, 7) is 3.95. The van der Waals surface area contributed by atoms with Crippen molar-refractivity contribution in [2.24, 2.45) is 0 Å². The van der Waals surface area contributed by atoms with Crippen LogP contribution in [0, 0.1) is 0 Å². The van der Waals surface area contributed by atoms with E-state index in [0.717, 1.165) is 22.2 Å². The number of morpholine rings is 1. The Morgan fingerprint density at radius 3 is 2.62 bits per heavy atom. The third-order valence-corrected chi connectivity index (χ3v) is 5.48. The van der Waals surface area contributed by atoms with Crippen molar-refractivity contribution in [2.45, 2.75) is 26.1 Å². The van der Waals surface area contributed by atoms with E-state index in [2.05, 4.69) is 0 Å². The van der Waals surface area contributed by atoms with E-state index in [9.17, 15) is 9.59 Å². The molecule has 166 valence electrons. The average molecular weight is 434 g/mol. The van der Waals surface area contributed by atoms with Crippen LogP contribution in [0.2, 0.25) is 0 Å². The molecule has 0 saturated carbocycles.